The number of rotatable bonds is 5. The number of nitrogens with two attached hydrogens (primary N) is 1. The highest BCUT2D eigenvalue weighted by molar-refractivity contribution is 7.09. The maximum atomic E-state index is 12.0. The molecule has 0 radical (unpaired) electrons. The van der Waals surface area contributed by atoms with E-state index in [-0.39, 0.29) is 12.5 Å². The Morgan fingerprint density at radius 3 is 2.70 bits per heavy atom. The van der Waals surface area contributed by atoms with Crippen molar-refractivity contribution in [2.75, 3.05) is 19.4 Å². The number of amides is 1. The van der Waals surface area contributed by atoms with E-state index in [0.29, 0.717) is 18.0 Å². The Hall–Kier alpha value is -2.08. The van der Waals surface area contributed by atoms with E-state index in [0.717, 1.165) is 10.6 Å². The number of hydrogen-bond acceptors (Lipinski definition) is 5. The Balaban J connectivity index is 1.85. The second-order valence-electron chi connectivity index (χ2n) is 4.47. The van der Waals surface area contributed by atoms with Gasteiger partial charge in [0, 0.05) is 17.6 Å². The Kier molecular flexibility index (Phi) is 4.57. The average molecular weight is 291 g/mol. The van der Waals surface area contributed by atoms with Crippen LogP contribution in [-0.4, -0.2) is 29.4 Å². The van der Waals surface area contributed by atoms with Crippen molar-refractivity contribution in [1.29, 1.82) is 0 Å². The van der Waals surface area contributed by atoms with Crippen molar-refractivity contribution in [1.82, 2.24) is 9.88 Å². The van der Waals surface area contributed by atoms with Crippen molar-refractivity contribution in [2.45, 2.75) is 13.5 Å². The molecule has 1 heterocycles. The molecule has 1 amide bonds. The van der Waals surface area contributed by atoms with Gasteiger partial charge in [0.05, 0.1) is 17.7 Å². The summed E-state index contributed by atoms with van der Waals surface area (Å²) in [4.78, 5) is 18.9. The first-order valence-electron chi connectivity index (χ1n) is 6.17. The van der Waals surface area contributed by atoms with E-state index < -0.39 is 0 Å². The Morgan fingerprint density at radius 1 is 1.40 bits per heavy atom. The second kappa shape index (κ2) is 6.38. The van der Waals surface area contributed by atoms with Crippen LogP contribution in [0, 0.1) is 6.92 Å². The number of thiazole rings is 1. The van der Waals surface area contributed by atoms with Crippen LogP contribution in [0.4, 0.5) is 5.69 Å². The summed E-state index contributed by atoms with van der Waals surface area (Å²) in [6, 6.07) is 6.97. The number of nitrogens with zero attached hydrogens (tertiary/aromatic N) is 2. The molecule has 0 saturated carbocycles. The fourth-order valence-electron chi connectivity index (χ4n) is 1.60. The van der Waals surface area contributed by atoms with Crippen LogP contribution in [0.3, 0.4) is 0 Å². The van der Waals surface area contributed by atoms with Gasteiger partial charge >= 0.3 is 0 Å². The molecule has 20 heavy (non-hydrogen) atoms. The molecule has 0 aliphatic heterocycles. The van der Waals surface area contributed by atoms with Crippen LogP contribution in [0.25, 0.3) is 0 Å². The maximum absolute atomic E-state index is 12.0. The molecule has 0 saturated heterocycles. The lowest BCUT2D eigenvalue weighted by Gasteiger charge is -2.17. The minimum absolute atomic E-state index is 0.0122. The van der Waals surface area contributed by atoms with Crippen molar-refractivity contribution in [3.63, 3.8) is 0 Å². The SMILES string of the molecule is Cc1ncsc1CN(C)C(=O)COc1ccc(N)cc1. The summed E-state index contributed by atoms with van der Waals surface area (Å²) in [5, 5.41) is 0. The van der Waals surface area contributed by atoms with E-state index in [9.17, 15) is 4.79 Å². The van der Waals surface area contributed by atoms with Crippen molar-refractivity contribution in [3.05, 3.63) is 40.3 Å². The summed E-state index contributed by atoms with van der Waals surface area (Å²) >= 11 is 1.55. The van der Waals surface area contributed by atoms with Gasteiger partial charge in [-0.25, -0.2) is 4.98 Å². The highest BCUT2D eigenvalue weighted by Crippen LogP contribution is 2.15. The largest absolute Gasteiger partial charge is 0.484 e. The lowest BCUT2D eigenvalue weighted by atomic mass is 10.3. The molecule has 5 nitrogen and oxygen atoms in total. The van der Waals surface area contributed by atoms with E-state index in [1.54, 1.807) is 53.1 Å². The van der Waals surface area contributed by atoms with Crippen LogP contribution in [0.5, 0.6) is 5.75 Å². The number of hydrogen-bond donors (Lipinski definition) is 1. The number of aromatic nitrogens is 1. The normalized spacial score (nSPS) is 10.3. The first-order valence-corrected chi connectivity index (χ1v) is 7.05. The Morgan fingerprint density at radius 2 is 2.10 bits per heavy atom. The van der Waals surface area contributed by atoms with Crippen LogP contribution in [0.15, 0.2) is 29.8 Å². The molecule has 2 aromatic rings. The number of carbonyl (C=O) groups is 1. The van der Waals surface area contributed by atoms with Gasteiger partial charge in [-0.05, 0) is 31.2 Å². The molecular formula is C14H17N3O2S. The molecule has 0 unspecified atom stereocenters. The smallest absolute Gasteiger partial charge is 0.260 e. The first kappa shape index (κ1) is 14.3. The molecule has 2 N–H and O–H groups in total. The molecule has 1 aromatic carbocycles. The van der Waals surface area contributed by atoms with Crippen molar-refractivity contribution in [2.24, 2.45) is 0 Å². The summed E-state index contributed by atoms with van der Waals surface area (Å²) in [6.07, 6.45) is 0. The van der Waals surface area contributed by atoms with E-state index in [2.05, 4.69) is 4.98 Å². The molecule has 0 atom stereocenters. The molecule has 0 aliphatic rings. The van der Waals surface area contributed by atoms with Gasteiger partial charge in [-0.15, -0.1) is 11.3 Å². The Labute approximate surface area is 122 Å². The molecular weight excluding hydrogens is 274 g/mol. The number of anilines is 1. The molecule has 2 rings (SSSR count). The van der Waals surface area contributed by atoms with Crippen LogP contribution in [0.1, 0.15) is 10.6 Å². The maximum Gasteiger partial charge on any atom is 0.260 e. The highest BCUT2D eigenvalue weighted by atomic mass is 32.1. The highest BCUT2D eigenvalue weighted by Gasteiger charge is 2.12. The summed E-state index contributed by atoms with van der Waals surface area (Å²) in [7, 11) is 1.76. The number of benzene rings is 1. The number of ether oxygens (including phenoxy) is 1. The average Bonchev–Trinajstić information content (AvgIpc) is 2.83. The summed E-state index contributed by atoms with van der Waals surface area (Å²) in [6.45, 7) is 2.51. The molecule has 0 bridgehead atoms. The predicted octanol–water partition coefficient (Wildman–Crippen LogP) is 2.07. The van der Waals surface area contributed by atoms with Gasteiger partial charge in [0.2, 0.25) is 0 Å². The van der Waals surface area contributed by atoms with Gasteiger partial charge in [0.15, 0.2) is 6.61 Å². The number of aryl methyl sites for hydroxylation is 1. The molecule has 106 valence electrons. The van der Waals surface area contributed by atoms with E-state index in [1.165, 1.54) is 0 Å². The van der Waals surface area contributed by atoms with Crippen molar-refractivity contribution in [3.8, 4) is 5.75 Å². The summed E-state index contributed by atoms with van der Waals surface area (Å²) in [5.74, 6) is 0.560. The third-order valence-corrected chi connectivity index (χ3v) is 3.81. The number of carbonyl (C=O) groups excluding carboxylic acids is 1. The molecule has 6 heteroatoms. The first-order chi connectivity index (χ1) is 9.56. The van der Waals surface area contributed by atoms with Crippen LogP contribution in [-0.2, 0) is 11.3 Å². The van der Waals surface area contributed by atoms with Gasteiger partial charge in [0.25, 0.3) is 5.91 Å². The number of nitrogen functional groups attached to an aromatic ring is 1. The fourth-order valence-corrected chi connectivity index (χ4v) is 2.43. The zero-order chi connectivity index (χ0) is 14.5. The zero-order valence-electron chi connectivity index (χ0n) is 11.5. The summed E-state index contributed by atoms with van der Waals surface area (Å²) in [5.41, 5.74) is 9.01. The zero-order valence-corrected chi connectivity index (χ0v) is 12.3. The number of likely N-dealkylation sites (N-methyl/N-ethyl adjacent to an activating group) is 1. The topological polar surface area (TPSA) is 68.5 Å². The van der Waals surface area contributed by atoms with Gasteiger partial charge in [-0.2, -0.15) is 0 Å². The molecule has 1 aromatic heterocycles. The minimum Gasteiger partial charge on any atom is -0.484 e. The fraction of sp³-hybridized carbons (Fsp3) is 0.286. The van der Waals surface area contributed by atoms with Crippen molar-refractivity contribution < 1.29 is 9.53 Å². The van der Waals surface area contributed by atoms with Gasteiger partial charge in [-0.1, -0.05) is 0 Å². The van der Waals surface area contributed by atoms with Gasteiger partial charge < -0.3 is 15.4 Å². The third kappa shape index (κ3) is 3.71. The minimum atomic E-state index is -0.0744. The van der Waals surface area contributed by atoms with Crippen molar-refractivity contribution >= 4 is 22.9 Å². The lowest BCUT2D eigenvalue weighted by Crippen LogP contribution is -2.30. The third-order valence-electron chi connectivity index (χ3n) is 2.89. The molecule has 0 spiro atoms. The van der Waals surface area contributed by atoms with E-state index in [1.807, 2.05) is 6.92 Å². The van der Waals surface area contributed by atoms with Gasteiger partial charge in [0.1, 0.15) is 5.75 Å². The standard InChI is InChI=1S/C14H17N3O2S/c1-10-13(20-9-16-10)7-17(2)14(18)8-19-12-5-3-11(15)4-6-12/h3-6,9H,7-8,15H2,1-2H3. The molecule has 0 aliphatic carbocycles. The monoisotopic (exact) mass is 291 g/mol. The second-order valence-corrected chi connectivity index (χ2v) is 5.41. The lowest BCUT2D eigenvalue weighted by molar-refractivity contribution is -0.132. The van der Waals surface area contributed by atoms with Crippen LogP contribution in [0.2, 0.25) is 0 Å². The predicted molar refractivity (Wildman–Crippen MR) is 79.7 cm³/mol. The van der Waals surface area contributed by atoms with Crippen LogP contribution >= 0.6 is 11.3 Å². The van der Waals surface area contributed by atoms with E-state index >= 15 is 0 Å². The Bertz CT molecular complexity index is 580. The van der Waals surface area contributed by atoms with Gasteiger partial charge in [-0.3, -0.25) is 4.79 Å². The quantitative estimate of drug-likeness (QED) is 0.856. The molecule has 0 fully saturated rings. The summed E-state index contributed by atoms with van der Waals surface area (Å²) < 4.78 is 5.43. The van der Waals surface area contributed by atoms with Crippen LogP contribution < -0.4 is 10.5 Å². The van der Waals surface area contributed by atoms with E-state index in [4.69, 9.17) is 10.5 Å².